The maximum Gasteiger partial charge on any atom is 0.228 e. The number of likely N-dealkylation sites (tertiary alicyclic amines) is 1. The van der Waals surface area contributed by atoms with E-state index in [9.17, 15) is 4.79 Å². The van der Waals surface area contributed by atoms with Crippen LogP contribution in [0.3, 0.4) is 0 Å². The van der Waals surface area contributed by atoms with Crippen LogP contribution < -0.4 is 5.32 Å². The van der Waals surface area contributed by atoms with Gasteiger partial charge in [0.2, 0.25) is 5.91 Å². The number of benzene rings is 1. The van der Waals surface area contributed by atoms with Crippen molar-refractivity contribution in [3.8, 4) is 11.1 Å². The van der Waals surface area contributed by atoms with Crippen LogP contribution in [0.1, 0.15) is 18.4 Å². The summed E-state index contributed by atoms with van der Waals surface area (Å²) in [6.07, 6.45) is 4.94. The third-order valence-electron chi connectivity index (χ3n) is 4.99. The number of carbonyl (C=O) groups is 1. The van der Waals surface area contributed by atoms with Gasteiger partial charge in [0.05, 0.1) is 0 Å². The van der Waals surface area contributed by atoms with Gasteiger partial charge in [-0.1, -0.05) is 0 Å². The second-order valence-electron chi connectivity index (χ2n) is 7.01. The van der Waals surface area contributed by atoms with Gasteiger partial charge in [0.1, 0.15) is 11.3 Å². The molecule has 1 N–H and O–H groups in total. The Balaban J connectivity index is 1.58. The quantitative estimate of drug-likeness (QED) is 0.783. The molecule has 0 saturated carbocycles. The summed E-state index contributed by atoms with van der Waals surface area (Å²) in [6.45, 7) is 3.94. The Kier molecular flexibility index (Phi) is 4.42. The first-order chi connectivity index (χ1) is 12.6. The molecule has 6 heteroatoms. The third kappa shape index (κ3) is 3.32. The predicted molar refractivity (Wildman–Crippen MR) is 101 cm³/mol. The SMILES string of the molecule is Cc1cc(-c2ccnc(NC(=O)C3CCN(C)CC3)c2)c2ocnc2c1. The van der Waals surface area contributed by atoms with E-state index < -0.39 is 0 Å². The molecule has 3 heterocycles. The van der Waals surface area contributed by atoms with Crippen LogP contribution in [0.15, 0.2) is 41.3 Å². The van der Waals surface area contributed by atoms with Crippen LogP contribution in [0.4, 0.5) is 5.82 Å². The lowest BCUT2D eigenvalue weighted by Gasteiger charge is -2.27. The highest BCUT2D eigenvalue weighted by Crippen LogP contribution is 2.30. The lowest BCUT2D eigenvalue weighted by Crippen LogP contribution is -2.36. The summed E-state index contributed by atoms with van der Waals surface area (Å²) >= 11 is 0. The zero-order valence-electron chi connectivity index (χ0n) is 15.0. The van der Waals surface area contributed by atoms with Crippen molar-refractivity contribution in [1.29, 1.82) is 0 Å². The Hall–Kier alpha value is -2.73. The summed E-state index contributed by atoms with van der Waals surface area (Å²) in [6, 6.07) is 7.86. The number of fused-ring (bicyclic) bond motifs is 1. The average Bonchev–Trinajstić information content (AvgIpc) is 3.10. The molecule has 0 unspecified atom stereocenters. The summed E-state index contributed by atoms with van der Waals surface area (Å²) in [7, 11) is 2.09. The molecule has 4 rings (SSSR count). The van der Waals surface area contributed by atoms with Crippen LogP contribution in [0.2, 0.25) is 0 Å². The molecule has 3 aromatic rings. The Morgan fingerprint density at radius 2 is 2.04 bits per heavy atom. The van der Waals surface area contributed by atoms with E-state index >= 15 is 0 Å². The van der Waals surface area contributed by atoms with Gasteiger partial charge in [-0.2, -0.15) is 0 Å². The molecule has 1 amide bonds. The fraction of sp³-hybridized carbons (Fsp3) is 0.350. The number of carbonyl (C=O) groups excluding carboxylic acids is 1. The van der Waals surface area contributed by atoms with E-state index in [1.165, 1.54) is 6.39 Å². The number of nitrogens with one attached hydrogen (secondary N) is 1. The molecule has 0 atom stereocenters. The number of amides is 1. The number of aromatic nitrogens is 2. The minimum absolute atomic E-state index is 0.0524. The summed E-state index contributed by atoms with van der Waals surface area (Å²) < 4.78 is 5.56. The van der Waals surface area contributed by atoms with E-state index in [-0.39, 0.29) is 11.8 Å². The number of nitrogens with zero attached hydrogens (tertiary/aromatic N) is 3. The number of anilines is 1. The van der Waals surface area contributed by atoms with Gasteiger partial charge in [-0.3, -0.25) is 4.79 Å². The van der Waals surface area contributed by atoms with Crippen molar-refractivity contribution in [1.82, 2.24) is 14.9 Å². The highest BCUT2D eigenvalue weighted by molar-refractivity contribution is 5.94. The lowest BCUT2D eigenvalue weighted by molar-refractivity contribution is -0.121. The van der Waals surface area contributed by atoms with Gasteiger partial charge < -0.3 is 14.6 Å². The number of oxazole rings is 1. The number of hydrogen-bond acceptors (Lipinski definition) is 5. The second-order valence-corrected chi connectivity index (χ2v) is 7.01. The largest absolute Gasteiger partial charge is 0.443 e. The first kappa shape index (κ1) is 16.7. The summed E-state index contributed by atoms with van der Waals surface area (Å²) in [5, 5.41) is 2.98. The molecule has 0 spiro atoms. The Morgan fingerprint density at radius 1 is 1.23 bits per heavy atom. The first-order valence-electron chi connectivity index (χ1n) is 8.90. The van der Waals surface area contributed by atoms with E-state index in [1.54, 1.807) is 6.20 Å². The van der Waals surface area contributed by atoms with Crippen molar-refractivity contribution in [2.75, 3.05) is 25.5 Å². The van der Waals surface area contributed by atoms with Crippen molar-refractivity contribution >= 4 is 22.8 Å². The highest BCUT2D eigenvalue weighted by atomic mass is 16.3. The van der Waals surface area contributed by atoms with Gasteiger partial charge in [-0.15, -0.1) is 0 Å². The smallest absolute Gasteiger partial charge is 0.228 e. The van der Waals surface area contributed by atoms with Crippen molar-refractivity contribution < 1.29 is 9.21 Å². The van der Waals surface area contributed by atoms with Crippen LogP contribution in [-0.2, 0) is 4.79 Å². The normalized spacial score (nSPS) is 16.1. The molecule has 0 bridgehead atoms. The molecule has 1 saturated heterocycles. The standard InChI is InChI=1S/C20H22N4O2/c1-13-9-16(19-17(10-13)22-12-26-19)15-3-6-21-18(11-15)23-20(25)14-4-7-24(2)8-5-14/h3,6,9-12,14H,4-5,7-8H2,1-2H3,(H,21,23,25). The Labute approximate surface area is 152 Å². The van der Waals surface area contributed by atoms with Crippen LogP contribution in [0.25, 0.3) is 22.2 Å². The van der Waals surface area contributed by atoms with Gasteiger partial charge in [0.25, 0.3) is 0 Å². The van der Waals surface area contributed by atoms with Crippen molar-refractivity contribution in [3.05, 3.63) is 42.4 Å². The minimum Gasteiger partial charge on any atom is -0.443 e. The number of hydrogen-bond donors (Lipinski definition) is 1. The van der Waals surface area contributed by atoms with Crippen LogP contribution in [0, 0.1) is 12.8 Å². The molecular weight excluding hydrogens is 328 g/mol. The minimum atomic E-state index is 0.0524. The van der Waals surface area contributed by atoms with E-state index in [4.69, 9.17) is 4.42 Å². The molecule has 1 aliphatic heterocycles. The number of pyridine rings is 1. The Morgan fingerprint density at radius 3 is 2.85 bits per heavy atom. The fourth-order valence-electron chi connectivity index (χ4n) is 3.49. The predicted octanol–water partition coefficient (Wildman–Crippen LogP) is 3.48. The molecule has 134 valence electrons. The van der Waals surface area contributed by atoms with Crippen LogP contribution >= 0.6 is 0 Å². The molecule has 26 heavy (non-hydrogen) atoms. The molecule has 1 aliphatic rings. The van der Waals surface area contributed by atoms with Gasteiger partial charge >= 0.3 is 0 Å². The van der Waals surface area contributed by atoms with Crippen molar-refractivity contribution in [3.63, 3.8) is 0 Å². The fourth-order valence-corrected chi connectivity index (χ4v) is 3.49. The van der Waals surface area contributed by atoms with Gasteiger partial charge in [0.15, 0.2) is 12.0 Å². The van der Waals surface area contributed by atoms with Crippen molar-refractivity contribution in [2.45, 2.75) is 19.8 Å². The molecule has 6 nitrogen and oxygen atoms in total. The molecule has 0 radical (unpaired) electrons. The summed E-state index contributed by atoms with van der Waals surface area (Å²) in [4.78, 5) is 23.4. The van der Waals surface area contributed by atoms with E-state index in [0.29, 0.717) is 5.82 Å². The molecular formula is C20H22N4O2. The maximum atomic E-state index is 12.5. The number of piperidine rings is 1. The highest BCUT2D eigenvalue weighted by Gasteiger charge is 2.23. The molecule has 2 aromatic heterocycles. The van der Waals surface area contributed by atoms with Crippen LogP contribution in [0.5, 0.6) is 0 Å². The number of rotatable bonds is 3. The van der Waals surface area contributed by atoms with Gasteiger partial charge in [0, 0.05) is 17.7 Å². The zero-order valence-corrected chi connectivity index (χ0v) is 15.0. The van der Waals surface area contributed by atoms with E-state index in [0.717, 1.165) is 53.7 Å². The van der Waals surface area contributed by atoms with Crippen LogP contribution in [-0.4, -0.2) is 40.9 Å². The van der Waals surface area contributed by atoms with Crippen molar-refractivity contribution in [2.24, 2.45) is 5.92 Å². The van der Waals surface area contributed by atoms with E-state index in [2.05, 4.69) is 33.3 Å². The zero-order chi connectivity index (χ0) is 18.1. The van der Waals surface area contributed by atoms with Gasteiger partial charge in [-0.25, -0.2) is 9.97 Å². The second kappa shape index (κ2) is 6.88. The first-order valence-corrected chi connectivity index (χ1v) is 8.90. The summed E-state index contributed by atoms with van der Waals surface area (Å²) in [5.74, 6) is 0.675. The third-order valence-corrected chi connectivity index (χ3v) is 4.99. The molecule has 0 aliphatic carbocycles. The summed E-state index contributed by atoms with van der Waals surface area (Å²) in [5.41, 5.74) is 4.58. The van der Waals surface area contributed by atoms with Gasteiger partial charge in [-0.05, 0) is 75.3 Å². The maximum absolute atomic E-state index is 12.5. The molecule has 1 aromatic carbocycles. The number of aryl methyl sites for hydroxylation is 1. The topological polar surface area (TPSA) is 71.3 Å². The Bertz CT molecular complexity index is 942. The molecule has 1 fully saturated rings. The van der Waals surface area contributed by atoms with E-state index in [1.807, 2.05) is 25.1 Å². The average molecular weight is 350 g/mol. The lowest BCUT2D eigenvalue weighted by atomic mass is 9.96. The monoisotopic (exact) mass is 350 g/mol.